The lowest BCUT2D eigenvalue weighted by Crippen LogP contribution is -2.53. The molecule has 0 spiro atoms. The van der Waals surface area contributed by atoms with E-state index in [1.165, 1.54) is 0 Å². The van der Waals surface area contributed by atoms with Gasteiger partial charge in [0.15, 0.2) is 5.11 Å². The topological polar surface area (TPSA) is 238 Å². The van der Waals surface area contributed by atoms with Crippen molar-refractivity contribution in [1.82, 2.24) is 24.7 Å². The molecule has 1 amide bonds. The molecule has 1 unspecified atom stereocenters. The number of thiocarbonyl (C=S) groups is 1. The molecule has 7 N–H and O–H groups in total. The predicted molar refractivity (Wildman–Crippen MR) is 244 cm³/mol. The normalized spacial score (nSPS) is 19.1. The zero-order valence-corrected chi connectivity index (χ0v) is 37.3. The highest BCUT2D eigenvalue weighted by atomic mass is 32.1. The van der Waals surface area contributed by atoms with Crippen molar-refractivity contribution in [1.29, 1.82) is 0 Å². The van der Waals surface area contributed by atoms with Gasteiger partial charge in [0.1, 0.15) is 0 Å². The van der Waals surface area contributed by atoms with Crippen molar-refractivity contribution in [2.45, 2.75) is 51.2 Å². The van der Waals surface area contributed by atoms with Crippen molar-refractivity contribution >= 4 is 64.2 Å². The molecule has 343 valence electrons. The van der Waals surface area contributed by atoms with E-state index in [0.29, 0.717) is 28.5 Å². The molecule has 1 radical (unpaired) electrons. The first-order valence-corrected chi connectivity index (χ1v) is 21.3. The van der Waals surface area contributed by atoms with Crippen LogP contribution >= 0.6 is 12.2 Å². The number of hydrogen-bond acceptors (Lipinski definition) is 11. The summed E-state index contributed by atoms with van der Waals surface area (Å²) in [5.74, 6) is -4.61. The van der Waals surface area contributed by atoms with Crippen LogP contribution in [0.2, 0.25) is 0 Å². The van der Waals surface area contributed by atoms with E-state index in [-0.39, 0.29) is 77.9 Å². The van der Waals surface area contributed by atoms with Crippen molar-refractivity contribution in [3.8, 4) is 11.1 Å². The number of nitrogens with one attached hydrogen (secondary N) is 3. The molecular weight excluding hydrogens is 845 g/mol. The number of rotatable bonds is 15. The Morgan fingerprint density at radius 3 is 1.44 bits per heavy atom. The zero-order chi connectivity index (χ0) is 46.8. The number of anilines is 3. The summed E-state index contributed by atoms with van der Waals surface area (Å²) in [5, 5.41) is 62.0. The molecule has 18 nitrogen and oxygen atoms in total. The van der Waals surface area contributed by atoms with Crippen molar-refractivity contribution in [2.75, 3.05) is 87.9 Å². The fourth-order valence-electron chi connectivity index (χ4n) is 8.10. The van der Waals surface area contributed by atoms with Gasteiger partial charge in [0.25, 0.3) is 5.91 Å². The van der Waals surface area contributed by atoms with Gasteiger partial charge in [0.05, 0.1) is 37.3 Å². The summed E-state index contributed by atoms with van der Waals surface area (Å²) in [4.78, 5) is 67.2. The van der Waals surface area contributed by atoms with Crippen LogP contribution in [-0.4, -0.2) is 169 Å². The lowest BCUT2D eigenvalue weighted by Gasteiger charge is -2.37. The third kappa shape index (κ3) is 14.1. The minimum atomic E-state index is -1.09. The third-order valence-electron chi connectivity index (χ3n) is 11.3. The van der Waals surface area contributed by atoms with Crippen LogP contribution in [0.25, 0.3) is 11.1 Å². The number of benzene rings is 3. The van der Waals surface area contributed by atoms with Crippen molar-refractivity contribution in [3.63, 3.8) is 0 Å². The molecule has 1 saturated heterocycles. The Labute approximate surface area is 377 Å². The maximum atomic E-state index is 13.1. The molecule has 5 rings (SSSR count). The van der Waals surface area contributed by atoms with Crippen molar-refractivity contribution in [3.05, 3.63) is 90.0 Å². The number of amides is 1. The van der Waals surface area contributed by atoms with Gasteiger partial charge in [-0.3, -0.25) is 43.6 Å². The summed E-state index contributed by atoms with van der Waals surface area (Å²) >= 11 is 5.60. The second-order valence-corrected chi connectivity index (χ2v) is 17.5. The van der Waals surface area contributed by atoms with E-state index in [1.54, 1.807) is 53.4 Å². The number of carboxylic acid groups (broad SMARTS) is 4. The molecule has 2 aliphatic heterocycles. The maximum absolute atomic E-state index is 13.1. The largest absolute Gasteiger partial charge is 0.480 e. The fourth-order valence-corrected chi connectivity index (χ4v) is 8.33. The van der Waals surface area contributed by atoms with Crippen LogP contribution in [0, 0.1) is 0 Å². The summed E-state index contributed by atoms with van der Waals surface area (Å²) < 4.78 is 0. The second-order valence-electron chi connectivity index (χ2n) is 17.1. The van der Waals surface area contributed by atoms with Gasteiger partial charge in [-0.2, -0.15) is 0 Å². The molecule has 0 bridgehead atoms. The van der Waals surface area contributed by atoms with Gasteiger partial charge in [-0.15, -0.1) is 10.3 Å². The Hall–Kier alpha value is -5.80. The first-order valence-electron chi connectivity index (χ1n) is 20.9. The van der Waals surface area contributed by atoms with E-state index >= 15 is 0 Å². The van der Waals surface area contributed by atoms with Crippen molar-refractivity contribution < 1.29 is 49.6 Å². The van der Waals surface area contributed by atoms with E-state index in [4.69, 9.17) is 12.2 Å². The summed E-state index contributed by atoms with van der Waals surface area (Å²) in [6.45, 7) is 7.13. The Morgan fingerprint density at radius 1 is 0.594 bits per heavy atom. The minimum absolute atomic E-state index is 0.162. The standard InChI is InChI=1S/C45H57N8O10S/c1-44(2)24-37(45(3,4)53(44)63)42(62)46-33-13-7-31(8-14-33)32-9-15-35(16-10-32)48-43(64)47-34-11-5-30(6-12-34)23-36-25-51(28-40(58)59)20-19-49(26-38(54)55)17-18-50(27-39(56)57)21-22-52(36)29-41(60)61/h5-16,24,36H,17-23,25-29H2,1-4H3,(H,46,62)(H,54,55)(H,56,57)(H,58,59)(H,60,61)(H2,47,48,64). The van der Waals surface area contributed by atoms with Crippen molar-refractivity contribution in [2.24, 2.45) is 0 Å². The van der Waals surface area contributed by atoms with Gasteiger partial charge in [-0.25, -0.2) is 0 Å². The van der Waals surface area contributed by atoms with Gasteiger partial charge in [0.2, 0.25) is 0 Å². The zero-order valence-electron chi connectivity index (χ0n) is 36.5. The van der Waals surface area contributed by atoms with Crippen LogP contribution in [0.4, 0.5) is 17.1 Å². The average molecular weight is 902 g/mol. The van der Waals surface area contributed by atoms with E-state index in [9.17, 15) is 49.6 Å². The monoisotopic (exact) mass is 901 g/mol. The summed E-state index contributed by atoms with van der Waals surface area (Å²) in [6, 6.07) is 22.0. The smallest absolute Gasteiger partial charge is 0.317 e. The van der Waals surface area contributed by atoms with Gasteiger partial charge in [0, 0.05) is 74.5 Å². The van der Waals surface area contributed by atoms with Gasteiger partial charge in [-0.1, -0.05) is 42.5 Å². The predicted octanol–water partition coefficient (Wildman–Crippen LogP) is 3.72. The van der Waals surface area contributed by atoms with Crippen LogP contribution < -0.4 is 16.0 Å². The molecular formula is C45H57N8O10S. The molecule has 3 aromatic carbocycles. The first kappa shape index (κ1) is 49.2. The molecule has 1 atom stereocenters. The number of aliphatic carboxylic acids is 4. The van der Waals surface area contributed by atoms with Crippen LogP contribution in [0.5, 0.6) is 0 Å². The van der Waals surface area contributed by atoms with E-state index < -0.39 is 41.0 Å². The summed E-state index contributed by atoms with van der Waals surface area (Å²) in [5.41, 5.74) is 3.41. The van der Waals surface area contributed by atoms with Crippen LogP contribution in [-0.2, 0) is 35.6 Å². The summed E-state index contributed by atoms with van der Waals surface area (Å²) in [7, 11) is 0. The molecule has 1 fully saturated rings. The SMILES string of the molecule is CC1(C)C=C(C(=O)Nc2ccc(-c3ccc(NC(=S)Nc4ccc(CC5CN(CC(=O)O)CCN(CC(=O)O)CCN(CC(=O)O)CCN5CC(=O)O)cc4)cc3)cc2)C(C)(C)N1[O]. The maximum Gasteiger partial charge on any atom is 0.317 e. The molecule has 2 heterocycles. The first-order chi connectivity index (χ1) is 30.2. The Bertz CT molecular complexity index is 2180. The average Bonchev–Trinajstić information content (AvgIpc) is 3.38. The van der Waals surface area contributed by atoms with E-state index in [2.05, 4.69) is 16.0 Å². The summed E-state index contributed by atoms with van der Waals surface area (Å²) in [6.07, 6.45) is 2.05. The lowest BCUT2D eigenvalue weighted by atomic mass is 9.95. The van der Waals surface area contributed by atoms with Gasteiger partial charge < -0.3 is 36.4 Å². The number of nitrogens with zero attached hydrogens (tertiary/aromatic N) is 5. The molecule has 0 aromatic heterocycles. The highest BCUT2D eigenvalue weighted by Crippen LogP contribution is 2.39. The lowest BCUT2D eigenvalue weighted by molar-refractivity contribution is -0.238. The van der Waals surface area contributed by atoms with Gasteiger partial charge >= 0.3 is 23.9 Å². The minimum Gasteiger partial charge on any atom is -0.480 e. The number of hydrogen-bond donors (Lipinski definition) is 7. The van der Waals surface area contributed by atoms with Crippen LogP contribution in [0.1, 0.15) is 33.3 Å². The molecule has 64 heavy (non-hydrogen) atoms. The van der Waals surface area contributed by atoms with Gasteiger partial charge in [-0.05, 0) is 99.4 Å². The molecule has 3 aromatic rings. The highest BCUT2D eigenvalue weighted by Gasteiger charge is 2.48. The number of carbonyl (C=O) groups is 5. The Morgan fingerprint density at radius 2 is 1.00 bits per heavy atom. The number of carboxylic acids is 4. The third-order valence-corrected chi connectivity index (χ3v) is 11.5. The number of hydroxylamine groups is 2. The molecule has 0 aliphatic carbocycles. The Balaban J connectivity index is 1.22. The van der Waals surface area contributed by atoms with E-state index in [1.807, 2.05) is 72.8 Å². The Kier molecular flexibility index (Phi) is 16.7. The molecule has 2 aliphatic rings. The molecule has 19 heteroatoms. The quantitative estimate of drug-likeness (QED) is 0.108. The van der Waals surface area contributed by atoms with E-state index in [0.717, 1.165) is 27.4 Å². The number of carbonyl (C=O) groups excluding carboxylic acids is 1. The van der Waals surface area contributed by atoms with Crippen LogP contribution in [0.15, 0.2) is 84.4 Å². The molecule has 0 saturated carbocycles. The highest BCUT2D eigenvalue weighted by molar-refractivity contribution is 7.80. The van der Waals surface area contributed by atoms with Crippen LogP contribution in [0.3, 0.4) is 0 Å². The fraction of sp³-hybridized carbons (Fsp3) is 0.422. The second kappa shape index (κ2) is 21.7.